The second-order valence-corrected chi connectivity index (χ2v) is 6.17. The van der Waals surface area contributed by atoms with Gasteiger partial charge in [0, 0.05) is 17.7 Å². The summed E-state index contributed by atoms with van der Waals surface area (Å²) in [5.74, 6) is 2.47. The molecule has 0 saturated heterocycles. The Morgan fingerprint density at radius 3 is 1.86 bits per heavy atom. The highest BCUT2D eigenvalue weighted by molar-refractivity contribution is 5.57. The highest BCUT2D eigenvalue weighted by Gasteiger charge is 2.40. The van der Waals surface area contributed by atoms with E-state index in [1.54, 1.807) is 24.3 Å². The summed E-state index contributed by atoms with van der Waals surface area (Å²) in [6, 6.07) is 6.60. The molecule has 0 fully saturated rings. The van der Waals surface area contributed by atoms with Crippen LogP contribution in [0.3, 0.4) is 0 Å². The molecule has 0 saturated carbocycles. The van der Waals surface area contributed by atoms with Crippen molar-refractivity contribution < 1.29 is 38.6 Å². The monoisotopic (exact) mass is 392 g/mol. The van der Waals surface area contributed by atoms with Crippen molar-refractivity contribution in [1.29, 1.82) is 0 Å². The predicted octanol–water partition coefficient (Wildman–Crippen LogP) is 2.26. The Morgan fingerprint density at radius 1 is 0.750 bits per heavy atom. The van der Waals surface area contributed by atoms with Gasteiger partial charge in [0.2, 0.25) is 5.75 Å². The van der Waals surface area contributed by atoms with Gasteiger partial charge in [0.05, 0.1) is 41.1 Å². The van der Waals surface area contributed by atoms with Gasteiger partial charge < -0.3 is 38.6 Å². The first kappa shape index (κ1) is 19.9. The van der Waals surface area contributed by atoms with E-state index in [2.05, 4.69) is 0 Å². The SMILES string of the molecule is COc1cc(OC)c2c(c1)O[C@H](c1cc(OC)c(OC)c(OC)c1)[C@@H](O)[C@@H]2O. The van der Waals surface area contributed by atoms with E-state index in [0.29, 0.717) is 45.6 Å². The molecule has 0 amide bonds. The number of rotatable bonds is 6. The topological polar surface area (TPSA) is 95.8 Å². The van der Waals surface area contributed by atoms with E-state index >= 15 is 0 Å². The van der Waals surface area contributed by atoms with Gasteiger partial charge in [-0.3, -0.25) is 0 Å². The Bertz CT molecular complexity index is 825. The van der Waals surface area contributed by atoms with Crippen LogP contribution in [0.4, 0.5) is 0 Å². The van der Waals surface area contributed by atoms with Crippen molar-refractivity contribution in [3.63, 3.8) is 0 Å². The summed E-state index contributed by atoms with van der Waals surface area (Å²) in [6.07, 6.45) is -3.36. The fraction of sp³-hybridized carbons (Fsp3) is 0.400. The molecule has 28 heavy (non-hydrogen) atoms. The number of aliphatic hydroxyl groups excluding tert-OH is 2. The molecule has 0 aliphatic carbocycles. The number of fused-ring (bicyclic) bond motifs is 1. The zero-order chi connectivity index (χ0) is 20.4. The van der Waals surface area contributed by atoms with Crippen molar-refractivity contribution in [2.45, 2.75) is 18.3 Å². The molecule has 0 bridgehead atoms. The second-order valence-electron chi connectivity index (χ2n) is 6.17. The van der Waals surface area contributed by atoms with Gasteiger partial charge >= 0.3 is 0 Å². The summed E-state index contributed by atoms with van der Waals surface area (Å²) >= 11 is 0. The zero-order valence-electron chi connectivity index (χ0n) is 16.4. The Morgan fingerprint density at radius 2 is 1.36 bits per heavy atom. The number of methoxy groups -OCH3 is 5. The summed E-state index contributed by atoms with van der Waals surface area (Å²) in [4.78, 5) is 0. The molecule has 1 aliphatic heterocycles. The fourth-order valence-electron chi connectivity index (χ4n) is 3.33. The van der Waals surface area contributed by atoms with Crippen LogP contribution in [0.1, 0.15) is 23.3 Å². The molecular weight excluding hydrogens is 368 g/mol. The third-order valence-corrected chi connectivity index (χ3v) is 4.73. The first-order valence-corrected chi connectivity index (χ1v) is 8.57. The van der Waals surface area contributed by atoms with Crippen LogP contribution in [0.2, 0.25) is 0 Å². The van der Waals surface area contributed by atoms with Crippen molar-refractivity contribution in [1.82, 2.24) is 0 Å². The standard InChI is InChI=1S/C20H24O8/c1-23-11-8-12(24-2)16-13(9-11)28-19(18(22)17(16)21)10-6-14(25-3)20(27-5)15(7-10)26-4/h6-9,17-19,21-22H,1-5H3/t17-,18+,19-/m1/s1. The normalized spacial score (nSPS) is 20.6. The molecule has 152 valence electrons. The Balaban J connectivity index is 2.11. The average Bonchev–Trinajstić information content (AvgIpc) is 2.73. The van der Waals surface area contributed by atoms with Crippen LogP contribution in [0.5, 0.6) is 34.5 Å². The molecule has 0 spiro atoms. The Kier molecular flexibility index (Phi) is 5.71. The maximum atomic E-state index is 10.8. The van der Waals surface area contributed by atoms with Crippen molar-refractivity contribution in [2.24, 2.45) is 0 Å². The first-order valence-electron chi connectivity index (χ1n) is 8.57. The highest BCUT2D eigenvalue weighted by Crippen LogP contribution is 2.49. The van der Waals surface area contributed by atoms with E-state index in [1.807, 2.05) is 0 Å². The van der Waals surface area contributed by atoms with E-state index in [1.165, 1.54) is 35.5 Å². The number of benzene rings is 2. The van der Waals surface area contributed by atoms with Gasteiger partial charge in [-0.15, -0.1) is 0 Å². The van der Waals surface area contributed by atoms with Crippen LogP contribution in [-0.2, 0) is 0 Å². The van der Waals surface area contributed by atoms with Gasteiger partial charge in [-0.2, -0.15) is 0 Å². The van der Waals surface area contributed by atoms with Gasteiger partial charge in [0.15, 0.2) is 17.6 Å². The van der Waals surface area contributed by atoms with E-state index in [4.69, 9.17) is 28.4 Å². The average molecular weight is 392 g/mol. The van der Waals surface area contributed by atoms with Gasteiger partial charge in [-0.05, 0) is 12.1 Å². The minimum absolute atomic E-state index is 0.354. The van der Waals surface area contributed by atoms with Crippen LogP contribution in [0.25, 0.3) is 0 Å². The Labute approximate surface area is 163 Å². The van der Waals surface area contributed by atoms with E-state index in [-0.39, 0.29) is 0 Å². The van der Waals surface area contributed by atoms with Crippen molar-refractivity contribution >= 4 is 0 Å². The van der Waals surface area contributed by atoms with Crippen molar-refractivity contribution in [2.75, 3.05) is 35.5 Å². The fourth-order valence-corrected chi connectivity index (χ4v) is 3.33. The molecule has 8 nitrogen and oxygen atoms in total. The van der Waals surface area contributed by atoms with Crippen molar-refractivity contribution in [3.8, 4) is 34.5 Å². The molecule has 1 aliphatic rings. The van der Waals surface area contributed by atoms with Crippen LogP contribution < -0.4 is 28.4 Å². The molecule has 8 heteroatoms. The summed E-state index contributed by atoms with van der Waals surface area (Å²) in [5, 5.41) is 21.5. The second kappa shape index (κ2) is 8.04. The molecule has 3 rings (SSSR count). The number of hydrogen-bond acceptors (Lipinski definition) is 8. The first-order chi connectivity index (χ1) is 13.5. The zero-order valence-corrected chi connectivity index (χ0v) is 16.4. The largest absolute Gasteiger partial charge is 0.496 e. The van der Waals surface area contributed by atoms with Crippen LogP contribution in [0.15, 0.2) is 24.3 Å². The molecule has 2 aromatic carbocycles. The Hall–Kier alpha value is -2.84. The summed E-state index contributed by atoms with van der Waals surface area (Å²) in [5.41, 5.74) is 0.910. The molecule has 2 aromatic rings. The maximum Gasteiger partial charge on any atom is 0.203 e. The number of ether oxygens (including phenoxy) is 6. The molecule has 0 unspecified atom stereocenters. The van der Waals surface area contributed by atoms with E-state index < -0.39 is 18.3 Å². The third kappa shape index (κ3) is 3.25. The molecule has 0 aromatic heterocycles. The van der Waals surface area contributed by atoms with E-state index in [0.717, 1.165) is 0 Å². The van der Waals surface area contributed by atoms with Gasteiger partial charge in [0.25, 0.3) is 0 Å². The quantitative estimate of drug-likeness (QED) is 0.773. The summed E-state index contributed by atoms with van der Waals surface area (Å²) < 4.78 is 32.7. The lowest BCUT2D eigenvalue weighted by Crippen LogP contribution is -2.34. The lowest BCUT2D eigenvalue weighted by Gasteiger charge is -2.35. The smallest absolute Gasteiger partial charge is 0.203 e. The third-order valence-electron chi connectivity index (χ3n) is 4.73. The highest BCUT2D eigenvalue weighted by atomic mass is 16.5. The lowest BCUT2D eigenvalue weighted by molar-refractivity contribution is -0.0711. The van der Waals surface area contributed by atoms with Gasteiger partial charge in [-0.25, -0.2) is 0 Å². The summed E-state index contributed by atoms with van der Waals surface area (Å²) in [7, 11) is 7.49. The predicted molar refractivity (Wildman–Crippen MR) is 100.0 cm³/mol. The van der Waals surface area contributed by atoms with Crippen LogP contribution in [-0.4, -0.2) is 51.9 Å². The number of hydrogen-bond donors (Lipinski definition) is 2. The molecule has 0 radical (unpaired) electrons. The van der Waals surface area contributed by atoms with Crippen molar-refractivity contribution in [3.05, 3.63) is 35.4 Å². The van der Waals surface area contributed by atoms with Crippen LogP contribution >= 0.6 is 0 Å². The number of aliphatic hydroxyl groups is 2. The maximum absolute atomic E-state index is 10.8. The minimum atomic E-state index is -1.25. The van der Waals surface area contributed by atoms with Gasteiger partial charge in [-0.1, -0.05) is 0 Å². The summed E-state index contributed by atoms with van der Waals surface area (Å²) in [6.45, 7) is 0. The van der Waals surface area contributed by atoms with E-state index in [9.17, 15) is 10.2 Å². The molecule has 3 atom stereocenters. The molecule has 2 N–H and O–H groups in total. The lowest BCUT2D eigenvalue weighted by atomic mass is 9.91. The molecule has 1 heterocycles. The van der Waals surface area contributed by atoms with Gasteiger partial charge in [0.1, 0.15) is 29.5 Å². The minimum Gasteiger partial charge on any atom is -0.496 e. The van der Waals surface area contributed by atoms with Crippen LogP contribution in [0, 0.1) is 0 Å². The molecular formula is C20H24O8.